The number of carboxylic acids is 3. The molecule has 80 valence electrons. The molecule has 0 radical (unpaired) electrons. The van der Waals surface area contributed by atoms with Crippen LogP contribution in [0.3, 0.4) is 0 Å². The van der Waals surface area contributed by atoms with Crippen LogP contribution in [0.4, 0.5) is 0 Å². The van der Waals surface area contributed by atoms with Crippen LogP contribution in [0.2, 0.25) is 0 Å². The summed E-state index contributed by atoms with van der Waals surface area (Å²) in [5.41, 5.74) is 4.57. The maximum absolute atomic E-state index is 9.24. The molecule has 0 fully saturated rings. The Morgan fingerprint density at radius 2 is 1.14 bits per heavy atom. The Balaban J connectivity index is -0.0000000315. The smallest absolute Gasteiger partial charge is 1.00 e. The molecule has 0 heterocycles. The second-order valence-corrected chi connectivity index (χ2v) is 1.64. The van der Waals surface area contributed by atoms with E-state index in [1.165, 1.54) is 0 Å². The van der Waals surface area contributed by atoms with Crippen LogP contribution in [-0.4, -0.2) is 39.8 Å². The van der Waals surface area contributed by atoms with Gasteiger partial charge in [-0.15, -0.1) is 0 Å². The number of rotatable bonds is 1. The zero-order valence-corrected chi connectivity index (χ0v) is 10.4. The molecule has 0 atom stereocenters. The number of aliphatic carboxylic acids is 3. The third-order valence-corrected chi connectivity index (χ3v) is 0.175. The van der Waals surface area contributed by atoms with E-state index in [0.29, 0.717) is 0 Å². The van der Waals surface area contributed by atoms with Gasteiger partial charge in [0.15, 0.2) is 0 Å². The van der Waals surface area contributed by atoms with Crippen molar-refractivity contribution in [2.75, 3.05) is 6.54 Å². The van der Waals surface area contributed by atoms with Crippen molar-refractivity contribution in [3.05, 3.63) is 0 Å². The average Bonchev–Trinajstić information content (AvgIpc) is 1.84. The first-order valence-corrected chi connectivity index (χ1v) is 3.04. The summed E-state index contributed by atoms with van der Waals surface area (Å²) in [6.07, 6.45) is 0. The number of carbonyl (C=O) groups is 3. The number of carboxylic acid groups (broad SMARTS) is 3. The maximum Gasteiger partial charge on any atom is 1.00 e. The molecule has 0 amide bonds. The molecule has 8 heteroatoms. The SMILES string of the molecule is CC(=O)O.CC(=O)O.NCC(=O)O.[H-].[Na+]. The van der Waals surface area contributed by atoms with Gasteiger partial charge in [-0.3, -0.25) is 14.4 Å². The van der Waals surface area contributed by atoms with Crippen LogP contribution in [0.15, 0.2) is 0 Å². The van der Waals surface area contributed by atoms with Crippen molar-refractivity contribution < 1.29 is 60.7 Å². The Labute approximate surface area is 105 Å². The minimum atomic E-state index is -0.968. The minimum Gasteiger partial charge on any atom is -1.00 e. The van der Waals surface area contributed by atoms with Gasteiger partial charge < -0.3 is 22.5 Å². The zero-order chi connectivity index (χ0) is 11.4. The average molecular weight is 219 g/mol. The van der Waals surface area contributed by atoms with Gasteiger partial charge in [0.25, 0.3) is 11.9 Å². The van der Waals surface area contributed by atoms with E-state index in [2.05, 4.69) is 5.73 Å². The Hall–Kier alpha value is -0.630. The molecule has 0 rings (SSSR count). The van der Waals surface area contributed by atoms with Crippen molar-refractivity contribution in [3.63, 3.8) is 0 Å². The molecule has 0 aliphatic heterocycles. The molecule has 0 aromatic carbocycles. The van der Waals surface area contributed by atoms with E-state index in [0.717, 1.165) is 13.8 Å². The van der Waals surface area contributed by atoms with E-state index in [1.807, 2.05) is 0 Å². The van der Waals surface area contributed by atoms with E-state index < -0.39 is 17.9 Å². The second-order valence-electron chi connectivity index (χ2n) is 1.64. The van der Waals surface area contributed by atoms with E-state index >= 15 is 0 Å². The molecule has 0 aromatic rings. The molecule has 0 aliphatic rings. The topological polar surface area (TPSA) is 138 Å². The first-order valence-electron chi connectivity index (χ1n) is 3.04. The van der Waals surface area contributed by atoms with Gasteiger partial charge in [0.1, 0.15) is 0 Å². The van der Waals surface area contributed by atoms with Gasteiger partial charge in [0.2, 0.25) is 0 Å². The molecule has 0 saturated carbocycles. The van der Waals surface area contributed by atoms with Crippen molar-refractivity contribution >= 4 is 17.9 Å². The maximum atomic E-state index is 9.24. The monoisotopic (exact) mass is 219 g/mol. The molecule has 0 unspecified atom stereocenters. The fourth-order valence-electron chi connectivity index (χ4n) is 0. The molecule has 5 N–H and O–H groups in total. The summed E-state index contributed by atoms with van der Waals surface area (Å²) in [6, 6.07) is 0. The Kier molecular flexibility index (Phi) is 30.3. The first kappa shape index (κ1) is 23.3. The molecule has 14 heavy (non-hydrogen) atoms. The van der Waals surface area contributed by atoms with Crippen LogP contribution < -0.4 is 35.3 Å². The third kappa shape index (κ3) is 651. The van der Waals surface area contributed by atoms with Crippen LogP contribution >= 0.6 is 0 Å². The van der Waals surface area contributed by atoms with Crippen LogP contribution in [0.1, 0.15) is 15.3 Å². The van der Waals surface area contributed by atoms with Crippen molar-refractivity contribution in [2.24, 2.45) is 5.73 Å². The summed E-state index contributed by atoms with van der Waals surface area (Å²) in [6.45, 7) is 1.89. The predicted molar refractivity (Wildman–Crippen MR) is 44.4 cm³/mol. The Morgan fingerprint density at radius 1 is 1.07 bits per heavy atom. The van der Waals surface area contributed by atoms with Gasteiger partial charge in [0.05, 0.1) is 6.54 Å². The molecule has 0 spiro atoms. The fourth-order valence-corrected chi connectivity index (χ4v) is 0. The zero-order valence-electron chi connectivity index (χ0n) is 9.35. The Morgan fingerprint density at radius 3 is 1.14 bits per heavy atom. The van der Waals surface area contributed by atoms with Gasteiger partial charge in [-0.2, -0.15) is 0 Å². The predicted octanol–water partition coefficient (Wildman–Crippen LogP) is -3.67. The number of hydrogen-bond donors (Lipinski definition) is 4. The molecule has 7 nitrogen and oxygen atoms in total. The van der Waals surface area contributed by atoms with Crippen LogP contribution in [-0.2, 0) is 14.4 Å². The molecular weight excluding hydrogens is 205 g/mol. The number of nitrogens with two attached hydrogens (primary N) is 1. The molecular formula is C6H14NNaO6. The second kappa shape index (κ2) is 18.2. The van der Waals surface area contributed by atoms with Crippen molar-refractivity contribution in [1.29, 1.82) is 0 Å². The first-order chi connectivity index (χ1) is 5.73. The van der Waals surface area contributed by atoms with Crippen LogP contribution in [0.25, 0.3) is 0 Å². The quantitative estimate of drug-likeness (QED) is 0.333. The van der Waals surface area contributed by atoms with Gasteiger partial charge in [-0.1, -0.05) is 0 Å². The van der Waals surface area contributed by atoms with Gasteiger partial charge in [-0.05, 0) is 0 Å². The fraction of sp³-hybridized carbons (Fsp3) is 0.500. The summed E-state index contributed by atoms with van der Waals surface area (Å²) in [5, 5.41) is 22.4. The van der Waals surface area contributed by atoms with Gasteiger partial charge >= 0.3 is 35.5 Å². The van der Waals surface area contributed by atoms with Crippen molar-refractivity contribution in [2.45, 2.75) is 13.8 Å². The van der Waals surface area contributed by atoms with Crippen molar-refractivity contribution in [1.82, 2.24) is 0 Å². The van der Waals surface area contributed by atoms with E-state index in [9.17, 15) is 4.79 Å². The van der Waals surface area contributed by atoms with E-state index in [1.54, 1.807) is 0 Å². The van der Waals surface area contributed by atoms with Crippen molar-refractivity contribution in [3.8, 4) is 0 Å². The third-order valence-electron chi connectivity index (χ3n) is 0.175. The van der Waals surface area contributed by atoms with Gasteiger partial charge in [-0.25, -0.2) is 0 Å². The molecule has 0 saturated heterocycles. The van der Waals surface area contributed by atoms with Crippen LogP contribution in [0.5, 0.6) is 0 Å². The standard InChI is InChI=1S/C2H5NO2.2C2H4O2.Na.H/c3-1-2(4)5;2*1-2(3)4;;/h1,3H2,(H,4,5);2*1H3,(H,3,4);;/q;;;+1;-1. The minimum absolute atomic E-state index is 0. The van der Waals surface area contributed by atoms with Gasteiger partial charge in [0, 0.05) is 13.8 Å². The number of hydrogen-bond acceptors (Lipinski definition) is 4. The summed E-state index contributed by atoms with van der Waals surface area (Å²) in [7, 11) is 0. The molecule has 0 bridgehead atoms. The van der Waals surface area contributed by atoms with E-state index in [-0.39, 0.29) is 37.5 Å². The Bertz CT molecular complexity index is 157. The summed E-state index contributed by atoms with van der Waals surface area (Å²) >= 11 is 0. The largest absolute Gasteiger partial charge is 1.00 e. The normalized spacial score (nSPS) is 6.21. The van der Waals surface area contributed by atoms with Crippen LogP contribution in [0, 0.1) is 0 Å². The summed E-state index contributed by atoms with van der Waals surface area (Å²) in [4.78, 5) is 27.2. The van der Waals surface area contributed by atoms with E-state index in [4.69, 9.17) is 24.9 Å². The molecule has 0 aromatic heterocycles. The molecule has 0 aliphatic carbocycles. The summed E-state index contributed by atoms with van der Waals surface area (Å²) < 4.78 is 0. The summed E-state index contributed by atoms with van der Waals surface area (Å²) in [5.74, 6) is -2.63.